The molecule has 1 N–H and O–H groups in total. The fraction of sp³-hybridized carbons (Fsp3) is 0.529. The number of benzene rings is 1. The minimum absolute atomic E-state index is 0.203. The van der Waals surface area contributed by atoms with Crippen LogP contribution >= 0.6 is 0 Å². The SMILES string of the molecule is C=C(c1ccccc1)C(O)CCO[Si](C)(C)C(C)(C)C. The second kappa shape index (κ2) is 6.70. The Morgan fingerprint density at radius 1 is 1.25 bits per heavy atom. The number of rotatable bonds is 6. The van der Waals surface area contributed by atoms with Crippen molar-refractivity contribution in [2.45, 2.75) is 51.4 Å². The first-order chi connectivity index (χ1) is 9.15. The van der Waals surface area contributed by atoms with Crippen LogP contribution in [0.3, 0.4) is 0 Å². The van der Waals surface area contributed by atoms with Gasteiger partial charge >= 0.3 is 0 Å². The van der Waals surface area contributed by atoms with Gasteiger partial charge in [0, 0.05) is 6.61 Å². The Balaban J connectivity index is 2.49. The van der Waals surface area contributed by atoms with Crippen LogP contribution in [0.5, 0.6) is 0 Å². The zero-order valence-electron chi connectivity index (χ0n) is 13.4. The van der Waals surface area contributed by atoms with E-state index in [1.54, 1.807) is 0 Å². The van der Waals surface area contributed by atoms with Gasteiger partial charge in [-0.15, -0.1) is 0 Å². The minimum Gasteiger partial charge on any atom is -0.417 e. The van der Waals surface area contributed by atoms with E-state index in [-0.39, 0.29) is 5.04 Å². The molecule has 3 heteroatoms. The number of hydrogen-bond acceptors (Lipinski definition) is 2. The molecule has 0 saturated heterocycles. The van der Waals surface area contributed by atoms with Crippen molar-refractivity contribution < 1.29 is 9.53 Å². The molecule has 0 aliphatic carbocycles. The standard InChI is InChI=1S/C17H28O2Si/c1-14(15-10-8-7-9-11-15)16(18)12-13-19-20(5,6)17(2,3)4/h7-11,16,18H,1,12-13H2,2-6H3. The summed E-state index contributed by atoms with van der Waals surface area (Å²) < 4.78 is 6.09. The minimum atomic E-state index is -1.73. The Hall–Kier alpha value is -0.903. The highest BCUT2D eigenvalue weighted by molar-refractivity contribution is 6.74. The van der Waals surface area contributed by atoms with Crippen molar-refractivity contribution in [3.8, 4) is 0 Å². The summed E-state index contributed by atoms with van der Waals surface area (Å²) in [6, 6.07) is 9.82. The highest BCUT2D eigenvalue weighted by atomic mass is 28.4. The van der Waals surface area contributed by atoms with Crippen LogP contribution in [0.15, 0.2) is 36.9 Å². The van der Waals surface area contributed by atoms with E-state index in [1.165, 1.54) is 0 Å². The molecule has 0 aliphatic rings. The van der Waals surface area contributed by atoms with E-state index in [0.717, 1.165) is 11.1 Å². The van der Waals surface area contributed by atoms with E-state index < -0.39 is 14.4 Å². The largest absolute Gasteiger partial charge is 0.417 e. The van der Waals surface area contributed by atoms with Crippen LogP contribution in [0.4, 0.5) is 0 Å². The molecular weight excluding hydrogens is 264 g/mol. The van der Waals surface area contributed by atoms with Crippen LogP contribution in [0, 0.1) is 0 Å². The van der Waals surface area contributed by atoms with Gasteiger partial charge in [0.15, 0.2) is 8.32 Å². The molecule has 1 rings (SSSR count). The first-order valence-electron chi connectivity index (χ1n) is 7.21. The monoisotopic (exact) mass is 292 g/mol. The number of hydrogen-bond donors (Lipinski definition) is 1. The molecule has 1 aromatic carbocycles. The molecule has 0 spiro atoms. The van der Waals surface area contributed by atoms with Gasteiger partial charge in [-0.05, 0) is 35.7 Å². The fourth-order valence-electron chi connectivity index (χ4n) is 1.66. The maximum Gasteiger partial charge on any atom is 0.191 e. The summed E-state index contributed by atoms with van der Waals surface area (Å²) in [6.45, 7) is 15.7. The fourth-order valence-corrected chi connectivity index (χ4v) is 2.72. The average molecular weight is 292 g/mol. The van der Waals surface area contributed by atoms with Crippen molar-refractivity contribution >= 4 is 13.9 Å². The Morgan fingerprint density at radius 2 is 1.80 bits per heavy atom. The molecule has 2 nitrogen and oxygen atoms in total. The predicted octanol–water partition coefficient (Wildman–Crippen LogP) is 4.47. The van der Waals surface area contributed by atoms with Crippen molar-refractivity contribution in [1.82, 2.24) is 0 Å². The van der Waals surface area contributed by atoms with Crippen LogP contribution in [0.1, 0.15) is 32.8 Å². The third kappa shape index (κ3) is 4.58. The lowest BCUT2D eigenvalue weighted by molar-refractivity contribution is 0.179. The van der Waals surface area contributed by atoms with Crippen LogP contribution in [0.2, 0.25) is 18.1 Å². The van der Waals surface area contributed by atoms with Crippen molar-refractivity contribution in [3.05, 3.63) is 42.5 Å². The highest BCUT2D eigenvalue weighted by Gasteiger charge is 2.37. The van der Waals surface area contributed by atoms with Gasteiger partial charge in [0.1, 0.15) is 0 Å². The van der Waals surface area contributed by atoms with Crippen LogP contribution < -0.4 is 0 Å². The molecule has 0 aromatic heterocycles. The second-order valence-corrected chi connectivity index (χ2v) is 11.6. The lowest BCUT2D eigenvalue weighted by Crippen LogP contribution is -2.41. The lowest BCUT2D eigenvalue weighted by Gasteiger charge is -2.36. The van der Waals surface area contributed by atoms with Gasteiger partial charge in [0.05, 0.1) is 6.10 Å². The van der Waals surface area contributed by atoms with Crippen LogP contribution in [-0.4, -0.2) is 26.1 Å². The van der Waals surface area contributed by atoms with Crippen molar-refractivity contribution in [2.75, 3.05) is 6.61 Å². The summed E-state index contributed by atoms with van der Waals surface area (Å²) in [5.41, 5.74) is 1.76. The van der Waals surface area contributed by atoms with Gasteiger partial charge in [-0.25, -0.2) is 0 Å². The van der Waals surface area contributed by atoms with E-state index in [4.69, 9.17) is 4.43 Å². The quantitative estimate of drug-likeness (QED) is 0.784. The average Bonchev–Trinajstić information content (AvgIpc) is 2.37. The molecule has 0 fully saturated rings. The molecule has 20 heavy (non-hydrogen) atoms. The Morgan fingerprint density at radius 3 is 2.30 bits per heavy atom. The predicted molar refractivity (Wildman–Crippen MR) is 89.2 cm³/mol. The second-order valence-electron chi connectivity index (χ2n) is 6.80. The van der Waals surface area contributed by atoms with E-state index in [2.05, 4.69) is 40.4 Å². The summed E-state index contributed by atoms with van der Waals surface area (Å²) in [6.07, 6.45) is 0.0578. The van der Waals surface area contributed by atoms with E-state index in [1.807, 2.05) is 30.3 Å². The van der Waals surface area contributed by atoms with Crippen LogP contribution in [-0.2, 0) is 4.43 Å². The molecule has 1 unspecified atom stereocenters. The zero-order chi connectivity index (χ0) is 15.4. The lowest BCUT2D eigenvalue weighted by atomic mass is 10.0. The van der Waals surface area contributed by atoms with Gasteiger partial charge in [-0.2, -0.15) is 0 Å². The van der Waals surface area contributed by atoms with Crippen molar-refractivity contribution in [1.29, 1.82) is 0 Å². The van der Waals surface area contributed by atoms with E-state index in [0.29, 0.717) is 13.0 Å². The van der Waals surface area contributed by atoms with Gasteiger partial charge < -0.3 is 9.53 Å². The smallest absolute Gasteiger partial charge is 0.191 e. The number of aliphatic hydroxyl groups excluding tert-OH is 1. The normalized spacial score (nSPS) is 14.1. The third-order valence-corrected chi connectivity index (χ3v) is 8.75. The molecule has 1 atom stereocenters. The Bertz CT molecular complexity index is 432. The molecule has 112 valence electrons. The summed E-state index contributed by atoms with van der Waals surface area (Å²) >= 11 is 0. The molecule has 0 aliphatic heterocycles. The zero-order valence-corrected chi connectivity index (χ0v) is 14.4. The van der Waals surface area contributed by atoms with Gasteiger partial charge in [-0.1, -0.05) is 57.7 Å². The van der Waals surface area contributed by atoms with E-state index >= 15 is 0 Å². The summed E-state index contributed by atoms with van der Waals surface area (Å²) in [4.78, 5) is 0. The Kier molecular flexibility index (Phi) is 5.75. The van der Waals surface area contributed by atoms with Gasteiger partial charge in [0.25, 0.3) is 0 Å². The Labute approximate surface area is 124 Å². The highest BCUT2D eigenvalue weighted by Crippen LogP contribution is 2.36. The molecule has 0 heterocycles. The molecule has 0 bridgehead atoms. The summed E-state index contributed by atoms with van der Waals surface area (Å²) in [5.74, 6) is 0. The third-order valence-electron chi connectivity index (χ3n) is 4.21. The van der Waals surface area contributed by atoms with Crippen molar-refractivity contribution in [2.24, 2.45) is 0 Å². The van der Waals surface area contributed by atoms with Crippen molar-refractivity contribution in [3.63, 3.8) is 0 Å². The summed E-state index contributed by atoms with van der Waals surface area (Å²) in [5, 5.41) is 10.4. The number of aliphatic hydroxyl groups is 1. The molecule has 1 aromatic rings. The topological polar surface area (TPSA) is 29.5 Å². The molecular formula is C17H28O2Si. The molecule has 0 saturated carbocycles. The van der Waals surface area contributed by atoms with Gasteiger partial charge in [-0.3, -0.25) is 0 Å². The molecule has 0 radical (unpaired) electrons. The van der Waals surface area contributed by atoms with E-state index in [9.17, 15) is 5.11 Å². The first-order valence-corrected chi connectivity index (χ1v) is 10.1. The van der Waals surface area contributed by atoms with Gasteiger partial charge in [0.2, 0.25) is 0 Å². The summed E-state index contributed by atoms with van der Waals surface area (Å²) in [7, 11) is -1.73. The molecule has 0 amide bonds. The first kappa shape index (κ1) is 17.1. The maximum absolute atomic E-state index is 10.2. The maximum atomic E-state index is 10.2. The van der Waals surface area contributed by atoms with Crippen LogP contribution in [0.25, 0.3) is 5.57 Å².